The van der Waals surface area contributed by atoms with E-state index in [1.54, 1.807) is 11.3 Å². The molecule has 4 nitrogen and oxygen atoms in total. The van der Waals surface area contributed by atoms with Crippen molar-refractivity contribution in [2.45, 2.75) is 26.9 Å². The average molecular weight is 262 g/mol. The Bertz CT molecular complexity index is 509. The van der Waals surface area contributed by atoms with Gasteiger partial charge in [0.1, 0.15) is 5.01 Å². The third-order valence-electron chi connectivity index (χ3n) is 2.87. The third kappa shape index (κ3) is 2.86. The van der Waals surface area contributed by atoms with Gasteiger partial charge in [0.15, 0.2) is 0 Å². The summed E-state index contributed by atoms with van der Waals surface area (Å²) in [5, 5.41) is 10.2. The number of aromatic nitrogens is 2. The summed E-state index contributed by atoms with van der Waals surface area (Å²) in [5.41, 5.74) is 8.22. The van der Waals surface area contributed by atoms with Crippen LogP contribution in [0.1, 0.15) is 23.1 Å². The number of hydrogen-bond acceptors (Lipinski definition) is 5. The average Bonchev–Trinajstić information content (AvgIpc) is 2.83. The van der Waals surface area contributed by atoms with Gasteiger partial charge < -0.3 is 10.6 Å². The van der Waals surface area contributed by atoms with Gasteiger partial charge in [-0.05, 0) is 25.0 Å². The SMILES string of the molecule is CCN(Cc1ccccc1CN)c1nnc(C)s1. The molecule has 5 heteroatoms. The van der Waals surface area contributed by atoms with Gasteiger partial charge in [-0.15, -0.1) is 10.2 Å². The van der Waals surface area contributed by atoms with E-state index >= 15 is 0 Å². The molecule has 2 aromatic rings. The van der Waals surface area contributed by atoms with E-state index in [-0.39, 0.29) is 0 Å². The second-order valence-electron chi connectivity index (χ2n) is 4.09. The highest BCUT2D eigenvalue weighted by Gasteiger charge is 2.11. The van der Waals surface area contributed by atoms with E-state index in [0.29, 0.717) is 6.54 Å². The first kappa shape index (κ1) is 13.0. The van der Waals surface area contributed by atoms with E-state index in [1.807, 2.05) is 19.1 Å². The highest BCUT2D eigenvalue weighted by molar-refractivity contribution is 7.15. The molecule has 0 bridgehead atoms. The van der Waals surface area contributed by atoms with E-state index in [4.69, 9.17) is 5.73 Å². The summed E-state index contributed by atoms with van der Waals surface area (Å²) in [6, 6.07) is 8.28. The zero-order valence-corrected chi connectivity index (χ0v) is 11.6. The smallest absolute Gasteiger partial charge is 0.208 e. The molecule has 0 fully saturated rings. The highest BCUT2D eigenvalue weighted by Crippen LogP contribution is 2.22. The van der Waals surface area contributed by atoms with Crippen LogP contribution in [0.4, 0.5) is 5.13 Å². The lowest BCUT2D eigenvalue weighted by atomic mass is 10.1. The van der Waals surface area contributed by atoms with Gasteiger partial charge in [-0.25, -0.2) is 0 Å². The maximum atomic E-state index is 5.77. The minimum Gasteiger partial charge on any atom is -0.343 e. The predicted molar refractivity (Wildman–Crippen MR) is 75.7 cm³/mol. The molecule has 1 aromatic carbocycles. The van der Waals surface area contributed by atoms with E-state index in [9.17, 15) is 0 Å². The third-order valence-corrected chi connectivity index (χ3v) is 3.77. The fraction of sp³-hybridized carbons (Fsp3) is 0.385. The van der Waals surface area contributed by atoms with Crippen LogP contribution in [0.2, 0.25) is 0 Å². The lowest BCUT2D eigenvalue weighted by molar-refractivity contribution is 0.804. The van der Waals surface area contributed by atoms with Crippen molar-refractivity contribution in [3.05, 3.63) is 40.4 Å². The van der Waals surface area contributed by atoms with Crippen molar-refractivity contribution in [3.63, 3.8) is 0 Å². The molecule has 2 rings (SSSR count). The maximum Gasteiger partial charge on any atom is 0.208 e. The summed E-state index contributed by atoms with van der Waals surface area (Å²) in [4.78, 5) is 2.22. The van der Waals surface area contributed by atoms with Crippen molar-refractivity contribution >= 4 is 16.5 Å². The largest absolute Gasteiger partial charge is 0.343 e. The fourth-order valence-corrected chi connectivity index (χ4v) is 2.60. The Morgan fingerprint density at radius 2 is 1.94 bits per heavy atom. The second kappa shape index (κ2) is 5.93. The molecule has 0 unspecified atom stereocenters. The number of aryl methyl sites for hydroxylation is 1. The van der Waals surface area contributed by atoms with Crippen LogP contribution in [0, 0.1) is 6.92 Å². The monoisotopic (exact) mass is 262 g/mol. The standard InChI is InChI=1S/C13H18N4S/c1-3-17(13-16-15-10(2)18-13)9-12-7-5-4-6-11(12)8-14/h4-7H,3,8-9,14H2,1-2H3. The van der Waals surface area contributed by atoms with E-state index in [1.165, 1.54) is 11.1 Å². The Morgan fingerprint density at radius 1 is 1.22 bits per heavy atom. The van der Waals surface area contributed by atoms with Crippen LogP contribution < -0.4 is 10.6 Å². The zero-order chi connectivity index (χ0) is 13.0. The van der Waals surface area contributed by atoms with E-state index in [2.05, 4.69) is 34.2 Å². The van der Waals surface area contributed by atoms with Crippen molar-refractivity contribution in [1.29, 1.82) is 0 Å². The number of nitrogens with zero attached hydrogens (tertiary/aromatic N) is 3. The van der Waals surface area contributed by atoms with Crippen LogP contribution in [0.5, 0.6) is 0 Å². The molecular formula is C13H18N4S. The number of benzene rings is 1. The molecule has 0 amide bonds. The maximum absolute atomic E-state index is 5.77. The minimum absolute atomic E-state index is 0.572. The molecule has 0 saturated carbocycles. The first-order valence-electron chi connectivity index (χ1n) is 6.06. The van der Waals surface area contributed by atoms with Gasteiger partial charge in [-0.1, -0.05) is 35.6 Å². The summed E-state index contributed by atoms with van der Waals surface area (Å²) in [7, 11) is 0. The Kier molecular flexibility index (Phi) is 4.28. The molecule has 0 aliphatic carbocycles. The molecule has 0 aliphatic rings. The van der Waals surface area contributed by atoms with Crippen LogP contribution in [-0.4, -0.2) is 16.7 Å². The van der Waals surface area contributed by atoms with Crippen LogP contribution in [0.25, 0.3) is 0 Å². The molecular weight excluding hydrogens is 244 g/mol. The zero-order valence-electron chi connectivity index (χ0n) is 10.8. The van der Waals surface area contributed by atoms with Crippen LogP contribution in [0.3, 0.4) is 0 Å². The molecule has 0 atom stereocenters. The number of nitrogens with two attached hydrogens (primary N) is 1. The molecule has 0 saturated heterocycles. The van der Waals surface area contributed by atoms with Gasteiger partial charge in [0.05, 0.1) is 0 Å². The number of hydrogen-bond donors (Lipinski definition) is 1. The molecule has 1 aromatic heterocycles. The summed E-state index contributed by atoms with van der Waals surface area (Å²) >= 11 is 1.63. The van der Waals surface area contributed by atoms with E-state index < -0.39 is 0 Å². The van der Waals surface area contributed by atoms with Crippen molar-refractivity contribution in [2.24, 2.45) is 5.73 Å². The number of anilines is 1. The van der Waals surface area contributed by atoms with Crippen LogP contribution >= 0.6 is 11.3 Å². The Hall–Kier alpha value is -1.46. The summed E-state index contributed by atoms with van der Waals surface area (Å²) in [6.07, 6.45) is 0. The minimum atomic E-state index is 0.572. The molecule has 2 N–H and O–H groups in total. The lowest BCUT2D eigenvalue weighted by Gasteiger charge is -2.20. The summed E-state index contributed by atoms with van der Waals surface area (Å²) in [6.45, 7) is 6.42. The van der Waals surface area contributed by atoms with Crippen LogP contribution in [0.15, 0.2) is 24.3 Å². The highest BCUT2D eigenvalue weighted by atomic mass is 32.1. The molecule has 18 heavy (non-hydrogen) atoms. The Labute approximate surface area is 111 Å². The lowest BCUT2D eigenvalue weighted by Crippen LogP contribution is -2.23. The van der Waals surface area contributed by atoms with Crippen molar-refractivity contribution in [3.8, 4) is 0 Å². The Balaban J connectivity index is 2.20. The fourth-order valence-electron chi connectivity index (χ4n) is 1.85. The van der Waals surface area contributed by atoms with Gasteiger partial charge in [-0.3, -0.25) is 0 Å². The van der Waals surface area contributed by atoms with Gasteiger partial charge in [-0.2, -0.15) is 0 Å². The van der Waals surface area contributed by atoms with E-state index in [0.717, 1.165) is 23.2 Å². The molecule has 0 radical (unpaired) electrons. The van der Waals surface area contributed by atoms with Gasteiger partial charge in [0.2, 0.25) is 5.13 Å². The van der Waals surface area contributed by atoms with Gasteiger partial charge in [0, 0.05) is 19.6 Å². The van der Waals surface area contributed by atoms with Crippen LogP contribution in [-0.2, 0) is 13.1 Å². The summed E-state index contributed by atoms with van der Waals surface area (Å²) < 4.78 is 0. The first-order valence-corrected chi connectivity index (χ1v) is 6.88. The van der Waals surface area contributed by atoms with Gasteiger partial charge >= 0.3 is 0 Å². The Morgan fingerprint density at radius 3 is 2.50 bits per heavy atom. The molecule has 1 heterocycles. The van der Waals surface area contributed by atoms with Gasteiger partial charge in [0.25, 0.3) is 0 Å². The topological polar surface area (TPSA) is 55.0 Å². The first-order chi connectivity index (χ1) is 8.74. The van der Waals surface area contributed by atoms with Crippen molar-refractivity contribution in [1.82, 2.24) is 10.2 Å². The number of rotatable bonds is 5. The molecule has 0 aliphatic heterocycles. The normalized spacial score (nSPS) is 10.6. The van der Waals surface area contributed by atoms with Crippen molar-refractivity contribution < 1.29 is 0 Å². The second-order valence-corrected chi connectivity index (χ2v) is 5.25. The molecule has 96 valence electrons. The summed E-state index contributed by atoms with van der Waals surface area (Å²) in [5.74, 6) is 0. The quantitative estimate of drug-likeness (QED) is 0.898. The van der Waals surface area contributed by atoms with Crippen molar-refractivity contribution in [2.75, 3.05) is 11.4 Å². The predicted octanol–water partition coefficient (Wildman–Crippen LogP) is 2.33. The molecule has 0 spiro atoms.